The Balaban J connectivity index is 1.84. The Labute approximate surface area is 128 Å². The van der Waals surface area contributed by atoms with Crippen molar-refractivity contribution < 1.29 is 0 Å². The van der Waals surface area contributed by atoms with Crippen molar-refractivity contribution >= 4 is 10.8 Å². The lowest BCUT2D eigenvalue weighted by Gasteiger charge is -2.24. The van der Waals surface area contributed by atoms with Gasteiger partial charge in [-0.3, -0.25) is 0 Å². The largest absolute Gasteiger partial charge is 0.313 e. The Hall–Kier alpha value is -1.34. The van der Waals surface area contributed by atoms with Crippen molar-refractivity contribution in [2.75, 3.05) is 7.05 Å². The second kappa shape index (κ2) is 7.09. The molecule has 3 rings (SSSR count). The number of hydrogen-bond donors (Lipinski definition) is 1. The van der Waals surface area contributed by atoms with E-state index in [9.17, 15) is 0 Å². The molecule has 0 bridgehead atoms. The van der Waals surface area contributed by atoms with E-state index in [0.717, 1.165) is 5.92 Å². The van der Waals surface area contributed by atoms with Gasteiger partial charge in [-0.25, -0.2) is 0 Å². The van der Waals surface area contributed by atoms with Crippen molar-refractivity contribution in [3.05, 3.63) is 48.0 Å². The fourth-order valence-electron chi connectivity index (χ4n) is 3.89. The maximum atomic E-state index is 3.58. The van der Waals surface area contributed by atoms with Gasteiger partial charge in [0.15, 0.2) is 0 Å². The van der Waals surface area contributed by atoms with E-state index in [0.29, 0.717) is 6.04 Å². The summed E-state index contributed by atoms with van der Waals surface area (Å²) >= 11 is 0. The first-order valence-electron chi connectivity index (χ1n) is 8.53. The lowest BCUT2D eigenvalue weighted by Crippen LogP contribution is -2.20. The van der Waals surface area contributed by atoms with Gasteiger partial charge in [-0.2, -0.15) is 0 Å². The Kier molecular flexibility index (Phi) is 4.92. The van der Waals surface area contributed by atoms with E-state index < -0.39 is 0 Å². The smallest absolute Gasteiger partial charge is 0.0326 e. The molecule has 0 spiro atoms. The summed E-state index contributed by atoms with van der Waals surface area (Å²) in [6.07, 6.45) is 9.85. The summed E-state index contributed by atoms with van der Waals surface area (Å²) in [5.74, 6) is 0.893. The highest BCUT2D eigenvalue weighted by atomic mass is 14.9. The number of fused-ring (bicyclic) bond motifs is 1. The fraction of sp³-hybridized carbons (Fsp3) is 0.500. The molecule has 1 atom stereocenters. The molecular weight excluding hydrogens is 254 g/mol. The molecule has 2 aromatic carbocycles. The normalized spacial score (nSPS) is 18.5. The van der Waals surface area contributed by atoms with Gasteiger partial charge in [0.2, 0.25) is 0 Å². The van der Waals surface area contributed by atoms with Crippen molar-refractivity contribution in [3.63, 3.8) is 0 Å². The van der Waals surface area contributed by atoms with Crippen LogP contribution in [0.5, 0.6) is 0 Å². The van der Waals surface area contributed by atoms with Crippen molar-refractivity contribution in [3.8, 4) is 0 Å². The van der Waals surface area contributed by atoms with Gasteiger partial charge in [0.25, 0.3) is 0 Å². The minimum atomic E-state index is 0.485. The molecule has 1 saturated carbocycles. The van der Waals surface area contributed by atoms with Crippen LogP contribution in [-0.2, 0) is 0 Å². The van der Waals surface area contributed by atoms with Gasteiger partial charge in [-0.1, -0.05) is 81.0 Å². The molecule has 112 valence electrons. The first kappa shape index (κ1) is 14.6. The van der Waals surface area contributed by atoms with Crippen LogP contribution in [0.4, 0.5) is 0 Å². The maximum absolute atomic E-state index is 3.58. The van der Waals surface area contributed by atoms with E-state index in [2.05, 4.69) is 54.8 Å². The van der Waals surface area contributed by atoms with E-state index in [1.165, 1.54) is 61.3 Å². The highest BCUT2D eigenvalue weighted by Gasteiger charge is 2.19. The minimum absolute atomic E-state index is 0.485. The zero-order chi connectivity index (χ0) is 14.5. The third kappa shape index (κ3) is 3.47. The molecule has 1 unspecified atom stereocenters. The lowest BCUT2D eigenvalue weighted by atomic mass is 9.88. The van der Waals surface area contributed by atoms with E-state index in [1.807, 2.05) is 0 Å². The molecule has 0 radical (unpaired) electrons. The molecule has 0 saturated heterocycles. The summed E-state index contributed by atoms with van der Waals surface area (Å²) in [5.41, 5.74) is 1.47. The number of hydrogen-bond acceptors (Lipinski definition) is 1. The van der Waals surface area contributed by atoms with Crippen LogP contribution in [0.25, 0.3) is 10.8 Å². The van der Waals surface area contributed by atoms with Crippen LogP contribution in [0.3, 0.4) is 0 Å². The quantitative estimate of drug-likeness (QED) is 0.734. The van der Waals surface area contributed by atoms with Gasteiger partial charge >= 0.3 is 0 Å². The van der Waals surface area contributed by atoms with Crippen molar-refractivity contribution in [2.24, 2.45) is 5.92 Å². The molecule has 21 heavy (non-hydrogen) atoms. The molecular formula is C20H27N. The van der Waals surface area contributed by atoms with Gasteiger partial charge in [0.1, 0.15) is 0 Å². The number of benzene rings is 2. The van der Waals surface area contributed by atoms with Crippen molar-refractivity contribution in [1.82, 2.24) is 5.32 Å². The second-order valence-corrected chi connectivity index (χ2v) is 6.50. The SMILES string of the molecule is CNC(CC1CCCCCC1)c1cccc2ccccc12. The Morgan fingerprint density at radius 1 is 0.952 bits per heavy atom. The van der Waals surface area contributed by atoms with Gasteiger partial charge in [-0.15, -0.1) is 0 Å². The van der Waals surface area contributed by atoms with Crippen molar-refractivity contribution in [2.45, 2.75) is 51.0 Å². The Morgan fingerprint density at radius 2 is 1.67 bits per heavy atom. The third-order valence-electron chi connectivity index (χ3n) is 5.09. The standard InChI is InChI=1S/C20H27N/c1-21-20(15-16-9-4-2-3-5-10-16)19-14-8-12-17-11-6-7-13-18(17)19/h6-8,11-14,16,20-21H,2-5,9-10,15H2,1H3. The number of nitrogens with one attached hydrogen (secondary N) is 1. The van der Waals surface area contributed by atoms with E-state index in [4.69, 9.17) is 0 Å². The van der Waals surface area contributed by atoms with E-state index >= 15 is 0 Å². The number of rotatable bonds is 4. The molecule has 0 heterocycles. The van der Waals surface area contributed by atoms with Crippen LogP contribution in [0.2, 0.25) is 0 Å². The first-order valence-corrected chi connectivity index (χ1v) is 8.53. The summed E-state index contributed by atoms with van der Waals surface area (Å²) in [5, 5.41) is 6.35. The first-order chi connectivity index (χ1) is 10.4. The van der Waals surface area contributed by atoms with Gasteiger partial charge in [0, 0.05) is 6.04 Å². The van der Waals surface area contributed by atoms with E-state index in [1.54, 1.807) is 0 Å². The van der Waals surface area contributed by atoms with Crippen LogP contribution in [0.1, 0.15) is 56.6 Å². The second-order valence-electron chi connectivity index (χ2n) is 6.50. The maximum Gasteiger partial charge on any atom is 0.0326 e. The van der Waals surface area contributed by atoms with Crippen LogP contribution in [0.15, 0.2) is 42.5 Å². The van der Waals surface area contributed by atoms with E-state index in [-0.39, 0.29) is 0 Å². The van der Waals surface area contributed by atoms with Crippen LogP contribution in [-0.4, -0.2) is 7.05 Å². The molecule has 1 fully saturated rings. The van der Waals surface area contributed by atoms with Crippen molar-refractivity contribution in [1.29, 1.82) is 0 Å². The topological polar surface area (TPSA) is 12.0 Å². The third-order valence-corrected chi connectivity index (χ3v) is 5.09. The van der Waals surface area contributed by atoms with Gasteiger partial charge in [-0.05, 0) is 35.7 Å². The fourth-order valence-corrected chi connectivity index (χ4v) is 3.89. The summed E-state index contributed by atoms with van der Waals surface area (Å²) in [7, 11) is 2.11. The molecule has 2 aromatic rings. The molecule has 1 aliphatic carbocycles. The molecule has 1 aliphatic rings. The van der Waals surface area contributed by atoms with Gasteiger partial charge < -0.3 is 5.32 Å². The zero-order valence-corrected chi connectivity index (χ0v) is 13.1. The molecule has 0 aliphatic heterocycles. The molecule has 1 heteroatoms. The summed E-state index contributed by atoms with van der Waals surface area (Å²) in [4.78, 5) is 0. The monoisotopic (exact) mass is 281 g/mol. The predicted octanol–water partition coefficient (Wildman–Crippen LogP) is 5.46. The average molecular weight is 281 g/mol. The molecule has 1 N–H and O–H groups in total. The minimum Gasteiger partial charge on any atom is -0.313 e. The molecule has 0 aromatic heterocycles. The van der Waals surface area contributed by atoms with Crippen LogP contribution in [0, 0.1) is 5.92 Å². The lowest BCUT2D eigenvalue weighted by molar-refractivity contribution is 0.369. The highest BCUT2D eigenvalue weighted by Crippen LogP contribution is 2.33. The Bertz CT molecular complexity index is 562. The van der Waals surface area contributed by atoms with Crippen LogP contribution >= 0.6 is 0 Å². The summed E-state index contributed by atoms with van der Waals surface area (Å²) in [6.45, 7) is 0. The summed E-state index contributed by atoms with van der Waals surface area (Å²) < 4.78 is 0. The predicted molar refractivity (Wildman–Crippen MR) is 91.6 cm³/mol. The summed E-state index contributed by atoms with van der Waals surface area (Å²) in [6, 6.07) is 16.0. The Morgan fingerprint density at radius 3 is 2.43 bits per heavy atom. The highest BCUT2D eigenvalue weighted by molar-refractivity contribution is 5.86. The average Bonchev–Trinajstić information content (AvgIpc) is 2.81. The van der Waals surface area contributed by atoms with Gasteiger partial charge in [0.05, 0.1) is 0 Å². The molecule has 0 amide bonds. The van der Waals surface area contributed by atoms with Crippen LogP contribution < -0.4 is 5.32 Å². The zero-order valence-electron chi connectivity index (χ0n) is 13.1. The molecule has 1 nitrogen and oxygen atoms in total.